The quantitative estimate of drug-likeness (QED) is 0.170. The van der Waals surface area contributed by atoms with Crippen LogP contribution in [-0.4, -0.2) is 41.5 Å². The van der Waals surface area contributed by atoms with Crippen LogP contribution in [0, 0.1) is 23.2 Å². The molecular formula is C40H38ClF7N2O2. The maximum atomic E-state index is 15.2. The molecule has 4 atom stereocenters. The van der Waals surface area contributed by atoms with Crippen LogP contribution < -0.4 is 0 Å². The van der Waals surface area contributed by atoms with Gasteiger partial charge in [-0.2, -0.15) is 31.6 Å². The summed E-state index contributed by atoms with van der Waals surface area (Å²) in [6.07, 6.45) is -7.70. The van der Waals surface area contributed by atoms with Gasteiger partial charge in [-0.3, -0.25) is 9.59 Å². The van der Waals surface area contributed by atoms with Crippen molar-refractivity contribution in [3.8, 4) is 6.07 Å². The van der Waals surface area contributed by atoms with Gasteiger partial charge >= 0.3 is 18.0 Å². The summed E-state index contributed by atoms with van der Waals surface area (Å²) in [5, 5.41) is 9.57. The molecule has 12 heteroatoms. The molecule has 0 spiro atoms. The van der Waals surface area contributed by atoms with Crippen molar-refractivity contribution in [1.82, 2.24) is 4.90 Å². The number of Topliss-reactive ketones (excluding diaryl/α,β-unsaturated/α-hetero) is 1. The lowest BCUT2D eigenvalue weighted by Gasteiger charge is -2.44. The highest BCUT2D eigenvalue weighted by Gasteiger charge is 2.73. The summed E-state index contributed by atoms with van der Waals surface area (Å²) >= 11 is 6.23. The number of ketones is 1. The SMILES string of the molecule is N#Cc1ccc(CCC2CC[C@H](C(=O)N3CCC4(CCc5cccc(Cl)c5)c5ccc(C(F)(C(F)(F)F)C(F)(F)F)cc5CCC34)CCC2=O)cc1. The van der Waals surface area contributed by atoms with Crippen LogP contribution in [0.5, 0.6) is 0 Å². The lowest BCUT2D eigenvalue weighted by molar-refractivity contribution is -0.348. The van der Waals surface area contributed by atoms with E-state index in [4.69, 9.17) is 16.9 Å². The van der Waals surface area contributed by atoms with Crippen LogP contribution in [0.3, 0.4) is 0 Å². The second-order valence-corrected chi connectivity index (χ2v) is 14.9. The molecule has 6 rings (SSSR count). The minimum absolute atomic E-state index is 0.0723. The third-order valence-electron chi connectivity index (χ3n) is 11.6. The summed E-state index contributed by atoms with van der Waals surface area (Å²) < 4.78 is 97.4. The number of aryl methyl sites for hydroxylation is 3. The smallest absolute Gasteiger partial charge is 0.339 e. The molecular weight excluding hydrogens is 709 g/mol. The van der Waals surface area contributed by atoms with Crippen molar-refractivity contribution in [2.24, 2.45) is 11.8 Å². The molecule has 0 bridgehead atoms. The molecule has 1 aliphatic heterocycles. The predicted molar refractivity (Wildman–Crippen MR) is 181 cm³/mol. The number of hydrogen-bond donors (Lipinski definition) is 0. The van der Waals surface area contributed by atoms with Crippen LogP contribution in [0.25, 0.3) is 0 Å². The first-order valence-electron chi connectivity index (χ1n) is 17.6. The van der Waals surface area contributed by atoms with Crippen molar-refractivity contribution >= 4 is 23.3 Å². The highest BCUT2D eigenvalue weighted by molar-refractivity contribution is 6.30. The summed E-state index contributed by atoms with van der Waals surface area (Å²) in [4.78, 5) is 29.3. The number of nitrogens with zero attached hydrogens (tertiary/aromatic N) is 2. The maximum absolute atomic E-state index is 15.2. The van der Waals surface area contributed by atoms with Crippen molar-refractivity contribution in [3.63, 3.8) is 0 Å². The molecule has 1 amide bonds. The van der Waals surface area contributed by atoms with Gasteiger partial charge in [0.05, 0.1) is 11.6 Å². The molecule has 3 aromatic carbocycles. The molecule has 3 aromatic rings. The average molecular weight is 747 g/mol. The van der Waals surface area contributed by atoms with Crippen LogP contribution in [0.15, 0.2) is 66.7 Å². The highest BCUT2D eigenvalue weighted by Crippen LogP contribution is 2.56. The van der Waals surface area contributed by atoms with Crippen LogP contribution in [-0.2, 0) is 39.9 Å². The number of amides is 1. The zero-order valence-electron chi connectivity index (χ0n) is 28.3. The summed E-state index contributed by atoms with van der Waals surface area (Å²) in [6.45, 7) is 0.338. The first-order chi connectivity index (χ1) is 24.6. The Hall–Kier alpha value is -3.91. The topological polar surface area (TPSA) is 61.2 Å². The number of halogens is 8. The van der Waals surface area contributed by atoms with E-state index in [-0.39, 0.29) is 48.5 Å². The van der Waals surface area contributed by atoms with Gasteiger partial charge in [-0.05, 0) is 111 Å². The average Bonchev–Trinajstić information content (AvgIpc) is 3.39. The minimum atomic E-state index is -6.22. The Bertz CT molecular complexity index is 1840. The fourth-order valence-corrected chi connectivity index (χ4v) is 9.03. The lowest BCUT2D eigenvalue weighted by Crippen LogP contribution is -2.51. The number of carbonyl (C=O) groups is 2. The van der Waals surface area contributed by atoms with E-state index in [0.717, 1.165) is 11.1 Å². The third-order valence-corrected chi connectivity index (χ3v) is 11.9. The molecule has 3 unspecified atom stereocenters. The van der Waals surface area contributed by atoms with E-state index in [2.05, 4.69) is 6.07 Å². The molecule has 2 fully saturated rings. The Morgan fingerprint density at radius 2 is 1.60 bits per heavy atom. The van der Waals surface area contributed by atoms with E-state index in [9.17, 15) is 35.9 Å². The van der Waals surface area contributed by atoms with Crippen LogP contribution >= 0.6 is 11.6 Å². The van der Waals surface area contributed by atoms with Gasteiger partial charge in [0.2, 0.25) is 5.91 Å². The highest BCUT2D eigenvalue weighted by atomic mass is 35.5. The predicted octanol–water partition coefficient (Wildman–Crippen LogP) is 9.93. The van der Waals surface area contributed by atoms with Crippen LogP contribution in [0.4, 0.5) is 30.7 Å². The number of hydrogen-bond acceptors (Lipinski definition) is 3. The Morgan fingerprint density at radius 3 is 2.27 bits per heavy atom. The van der Waals surface area contributed by atoms with Gasteiger partial charge in [-0.15, -0.1) is 0 Å². The number of rotatable bonds is 8. The Kier molecular flexibility index (Phi) is 10.5. The number of likely N-dealkylation sites (tertiary alicyclic amines) is 1. The van der Waals surface area contributed by atoms with Crippen molar-refractivity contribution < 1.29 is 40.3 Å². The van der Waals surface area contributed by atoms with Gasteiger partial charge < -0.3 is 4.90 Å². The largest absolute Gasteiger partial charge is 0.435 e. The van der Waals surface area contributed by atoms with E-state index in [1.807, 2.05) is 23.1 Å². The zero-order chi connectivity index (χ0) is 37.5. The fourth-order valence-electron chi connectivity index (χ4n) is 8.82. The van der Waals surface area contributed by atoms with Crippen molar-refractivity contribution in [2.45, 2.75) is 100 Å². The van der Waals surface area contributed by atoms with Gasteiger partial charge in [0.15, 0.2) is 0 Å². The second kappa shape index (κ2) is 14.5. The van der Waals surface area contributed by atoms with E-state index in [1.165, 1.54) is 6.07 Å². The molecule has 2 aliphatic carbocycles. The van der Waals surface area contributed by atoms with Crippen molar-refractivity contribution in [1.29, 1.82) is 5.26 Å². The molecule has 0 radical (unpaired) electrons. The van der Waals surface area contributed by atoms with E-state index in [0.29, 0.717) is 86.2 Å². The van der Waals surface area contributed by atoms with E-state index in [1.54, 1.807) is 30.3 Å². The molecule has 0 N–H and O–H groups in total. The number of benzene rings is 3. The number of nitriles is 1. The molecule has 3 aliphatic rings. The fraction of sp³-hybridized carbons (Fsp3) is 0.475. The maximum Gasteiger partial charge on any atom is 0.435 e. The summed E-state index contributed by atoms with van der Waals surface area (Å²) in [5.41, 5.74) is -4.61. The van der Waals surface area contributed by atoms with Gasteiger partial charge in [-0.25, -0.2) is 4.39 Å². The first kappa shape index (κ1) is 37.8. The number of alkyl halides is 7. The first-order valence-corrected chi connectivity index (χ1v) is 18.0. The van der Waals surface area contributed by atoms with Gasteiger partial charge in [0, 0.05) is 46.8 Å². The van der Waals surface area contributed by atoms with Gasteiger partial charge in [0.25, 0.3) is 0 Å². The molecule has 52 heavy (non-hydrogen) atoms. The normalized spacial score (nSPS) is 23.8. The molecule has 276 valence electrons. The summed E-state index contributed by atoms with van der Waals surface area (Å²) in [6, 6.07) is 18.6. The van der Waals surface area contributed by atoms with Gasteiger partial charge in [-0.1, -0.05) is 54.1 Å². The van der Waals surface area contributed by atoms with Crippen molar-refractivity contribution in [3.05, 3.63) is 105 Å². The third kappa shape index (κ3) is 7.07. The molecule has 1 saturated heterocycles. The Labute approximate surface area is 302 Å². The minimum Gasteiger partial charge on any atom is -0.339 e. The van der Waals surface area contributed by atoms with Crippen LogP contribution in [0.2, 0.25) is 5.02 Å². The number of carbonyl (C=O) groups excluding carboxylic acids is 2. The molecule has 4 nitrogen and oxygen atoms in total. The molecule has 1 heterocycles. The van der Waals surface area contributed by atoms with E-state index < -0.39 is 34.9 Å². The van der Waals surface area contributed by atoms with Gasteiger partial charge in [0.1, 0.15) is 5.78 Å². The van der Waals surface area contributed by atoms with Crippen molar-refractivity contribution in [2.75, 3.05) is 6.54 Å². The lowest BCUT2D eigenvalue weighted by atomic mass is 9.63. The standard InChI is InChI=1S/C40H38ClF7N2O2/c41-32-3-1-2-26(22-32)18-19-37-20-21-50(35(37)17-13-30-23-31(14-15-33(30)37)38(42,39(43,44)45)40(46,47)48)36(52)29-11-10-28(34(51)16-12-29)9-8-25-4-6-27(24-49)7-5-25/h1-7,14-15,22-23,28-29,35H,8-13,16-21H2/t28?,29-,35?,37?/m0/s1. The summed E-state index contributed by atoms with van der Waals surface area (Å²) in [5.74, 6) is -0.574. The second-order valence-electron chi connectivity index (χ2n) is 14.5. The van der Waals surface area contributed by atoms with E-state index >= 15 is 4.39 Å². The molecule has 0 aromatic heterocycles. The Balaban J connectivity index is 1.25. The Morgan fingerprint density at radius 1 is 0.865 bits per heavy atom. The monoisotopic (exact) mass is 746 g/mol. The summed E-state index contributed by atoms with van der Waals surface area (Å²) in [7, 11) is 0. The zero-order valence-corrected chi connectivity index (χ0v) is 29.1. The van der Waals surface area contributed by atoms with Crippen LogP contribution in [0.1, 0.15) is 84.7 Å². The molecule has 1 saturated carbocycles. The number of fused-ring (bicyclic) bond motifs is 3.